The van der Waals surface area contributed by atoms with E-state index in [1.54, 1.807) is 0 Å². The second-order valence-electron chi connectivity index (χ2n) is 8.43. The Kier molecular flexibility index (Phi) is 3.92. The standard InChI is InChI=1S/C25H24N4S/c1-16-12-19-20-15-27(2)9-7-22(20)29(24(19)14-26-16)23-8-11-30-25(23)18-4-5-21-17(13-18)6-10-28(21)3/h4-6,8,10-14H,7,9,15H2,1-3H3. The first-order valence-corrected chi connectivity index (χ1v) is 11.3. The van der Waals surface area contributed by atoms with Crippen molar-refractivity contribution in [1.82, 2.24) is 19.0 Å². The van der Waals surface area contributed by atoms with Gasteiger partial charge in [0.05, 0.1) is 22.3 Å². The van der Waals surface area contributed by atoms with Gasteiger partial charge in [-0.1, -0.05) is 6.07 Å². The summed E-state index contributed by atoms with van der Waals surface area (Å²) in [4.78, 5) is 8.39. The summed E-state index contributed by atoms with van der Waals surface area (Å²) in [5, 5.41) is 4.85. The molecule has 1 aliphatic rings. The molecule has 0 spiro atoms. The number of hydrogen-bond donors (Lipinski definition) is 0. The highest BCUT2D eigenvalue weighted by Crippen LogP contribution is 2.39. The first-order chi connectivity index (χ1) is 14.6. The molecule has 1 aromatic carbocycles. The minimum absolute atomic E-state index is 0.998. The summed E-state index contributed by atoms with van der Waals surface area (Å²) in [7, 11) is 4.31. The monoisotopic (exact) mass is 412 g/mol. The molecule has 0 radical (unpaired) electrons. The second-order valence-corrected chi connectivity index (χ2v) is 9.34. The molecule has 150 valence electrons. The number of hydrogen-bond acceptors (Lipinski definition) is 3. The number of benzene rings is 1. The Bertz CT molecular complexity index is 1420. The van der Waals surface area contributed by atoms with Crippen molar-refractivity contribution in [2.45, 2.75) is 19.9 Å². The van der Waals surface area contributed by atoms with Gasteiger partial charge in [-0.2, -0.15) is 0 Å². The van der Waals surface area contributed by atoms with Crippen molar-refractivity contribution in [3.8, 4) is 16.1 Å². The van der Waals surface area contributed by atoms with Crippen molar-refractivity contribution < 1.29 is 0 Å². The predicted octanol–water partition coefficient (Wildman–Crippen LogP) is 5.54. The number of fused-ring (bicyclic) bond motifs is 4. The van der Waals surface area contributed by atoms with Crippen LogP contribution in [0.3, 0.4) is 0 Å². The number of aryl methyl sites for hydroxylation is 2. The minimum atomic E-state index is 0.998. The van der Waals surface area contributed by atoms with Crippen molar-refractivity contribution in [2.75, 3.05) is 13.6 Å². The lowest BCUT2D eigenvalue weighted by Crippen LogP contribution is -2.27. The van der Waals surface area contributed by atoms with Gasteiger partial charge in [-0.25, -0.2) is 0 Å². The van der Waals surface area contributed by atoms with Gasteiger partial charge >= 0.3 is 0 Å². The van der Waals surface area contributed by atoms with E-state index >= 15 is 0 Å². The Hall–Kier alpha value is -2.89. The topological polar surface area (TPSA) is 26.0 Å². The molecule has 5 heteroatoms. The number of pyridine rings is 1. The Morgan fingerprint density at radius 3 is 2.83 bits per heavy atom. The largest absolute Gasteiger partial charge is 0.351 e. The molecule has 5 aromatic rings. The minimum Gasteiger partial charge on any atom is -0.351 e. The van der Waals surface area contributed by atoms with Crippen molar-refractivity contribution in [3.05, 3.63) is 71.1 Å². The van der Waals surface area contributed by atoms with Crippen molar-refractivity contribution in [3.63, 3.8) is 0 Å². The first-order valence-electron chi connectivity index (χ1n) is 10.4. The van der Waals surface area contributed by atoms with E-state index in [-0.39, 0.29) is 0 Å². The van der Waals surface area contributed by atoms with Crippen LogP contribution in [0.15, 0.2) is 54.2 Å². The van der Waals surface area contributed by atoms with E-state index in [2.05, 4.69) is 94.2 Å². The molecule has 0 unspecified atom stereocenters. The fourth-order valence-corrected chi connectivity index (χ4v) is 5.76. The highest BCUT2D eigenvalue weighted by Gasteiger charge is 2.25. The van der Waals surface area contributed by atoms with Crippen LogP contribution in [-0.4, -0.2) is 32.6 Å². The lowest BCUT2D eigenvalue weighted by molar-refractivity contribution is 0.311. The molecular weight excluding hydrogens is 388 g/mol. The maximum Gasteiger partial charge on any atom is 0.0719 e. The molecule has 6 rings (SSSR count). The van der Waals surface area contributed by atoms with Gasteiger partial charge in [-0.3, -0.25) is 4.98 Å². The summed E-state index contributed by atoms with van der Waals surface area (Å²) in [6.07, 6.45) is 5.25. The highest BCUT2D eigenvalue weighted by molar-refractivity contribution is 7.14. The summed E-state index contributed by atoms with van der Waals surface area (Å²) in [6, 6.07) is 13.5. The summed E-state index contributed by atoms with van der Waals surface area (Å²) < 4.78 is 4.65. The maximum atomic E-state index is 4.65. The van der Waals surface area contributed by atoms with Gasteiger partial charge in [0.1, 0.15) is 0 Å². The van der Waals surface area contributed by atoms with E-state index in [4.69, 9.17) is 0 Å². The van der Waals surface area contributed by atoms with Gasteiger partial charge in [0, 0.05) is 60.4 Å². The van der Waals surface area contributed by atoms with Gasteiger partial charge in [0.15, 0.2) is 0 Å². The summed E-state index contributed by atoms with van der Waals surface area (Å²) in [5.74, 6) is 0. The van der Waals surface area contributed by atoms with Crippen LogP contribution in [0.4, 0.5) is 0 Å². The fraction of sp³-hybridized carbons (Fsp3) is 0.240. The highest BCUT2D eigenvalue weighted by atomic mass is 32.1. The molecule has 4 nitrogen and oxygen atoms in total. The Morgan fingerprint density at radius 1 is 1.03 bits per heavy atom. The van der Waals surface area contributed by atoms with E-state index < -0.39 is 0 Å². The lowest BCUT2D eigenvalue weighted by Gasteiger charge is -2.24. The SMILES string of the molecule is Cc1cc2c3c(n(-c4ccsc4-c4ccc5c(ccn5C)c4)c2cn1)CCN(C)C3. The van der Waals surface area contributed by atoms with Gasteiger partial charge < -0.3 is 14.0 Å². The molecule has 0 amide bonds. The average molecular weight is 413 g/mol. The molecule has 4 aromatic heterocycles. The molecule has 0 atom stereocenters. The molecule has 5 heterocycles. The van der Waals surface area contributed by atoms with E-state index in [0.717, 1.165) is 25.2 Å². The zero-order valence-corrected chi connectivity index (χ0v) is 18.3. The molecular formula is C25H24N4S. The van der Waals surface area contributed by atoms with Crippen molar-refractivity contribution in [1.29, 1.82) is 0 Å². The quantitative estimate of drug-likeness (QED) is 0.380. The number of aromatic nitrogens is 3. The van der Waals surface area contributed by atoms with Crippen LogP contribution < -0.4 is 0 Å². The van der Waals surface area contributed by atoms with Crippen LogP contribution in [0.5, 0.6) is 0 Å². The van der Waals surface area contributed by atoms with Crippen LogP contribution in [0.2, 0.25) is 0 Å². The third-order valence-electron chi connectivity index (χ3n) is 6.40. The molecule has 0 fully saturated rings. The van der Waals surface area contributed by atoms with E-state index in [0.29, 0.717) is 0 Å². The maximum absolute atomic E-state index is 4.65. The molecule has 30 heavy (non-hydrogen) atoms. The summed E-state index contributed by atoms with van der Waals surface area (Å²) >= 11 is 1.82. The molecule has 0 saturated carbocycles. The van der Waals surface area contributed by atoms with Crippen LogP contribution in [-0.2, 0) is 20.0 Å². The molecule has 1 aliphatic heterocycles. The van der Waals surface area contributed by atoms with Crippen LogP contribution in [0, 0.1) is 6.92 Å². The molecule has 0 saturated heterocycles. The van der Waals surface area contributed by atoms with Crippen LogP contribution >= 0.6 is 11.3 Å². The normalized spacial score (nSPS) is 14.6. The zero-order valence-electron chi connectivity index (χ0n) is 17.5. The average Bonchev–Trinajstić information content (AvgIpc) is 3.43. The van der Waals surface area contributed by atoms with Crippen molar-refractivity contribution >= 4 is 33.1 Å². The van der Waals surface area contributed by atoms with E-state index in [1.165, 1.54) is 49.2 Å². The Morgan fingerprint density at radius 2 is 1.93 bits per heavy atom. The number of thiophene rings is 1. The van der Waals surface area contributed by atoms with Gasteiger partial charge in [-0.15, -0.1) is 11.3 Å². The van der Waals surface area contributed by atoms with Crippen LogP contribution in [0.25, 0.3) is 37.9 Å². The second kappa shape index (κ2) is 6.56. The molecule has 0 aliphatic carbocycles. The van der Waals surface area contributed by atoms with E-state index in [1.807, 2.05) is 11.3 Å². The number of rotatable bonds is 2. The van der Waals surface area contributed by atoms with E-state index in [9.17, 15) is 0 Å². The number of likely N-dealkylation sites (N-methyl/N-ethyl adjacent to an activating group) is 1. The lowest BCUT2D eigenvalue weighted by atomic mass is 10.0. The van der Waals surface area contributed by atoms with Gasteiger partial charge in [0.25, 0.3) is 0 Å². The number of nitrogens with zero attached hydrogens (tertiary/aromatic N) is 4. The van der Waals surface area contributed by atoms with Crippen molar-refractivity contribution in [2.24, 2.45) is 7.05 Å². The fourth-order valence-electron chi connectivity index (χ4n) is 4.89. The Balaban J connectivity index is 1.60. The smallest absolute Gasteiger partial charge is 0.0719 e. The molecule has 0 bridgehead atoms. The first kappa shape index (κ1) is 17.9. The summed E-state index contributed by atoms with van der Waals surface area (Å²) in [5.41, 5.74) is 9.02. The van der Waals surface area contributed by atoms with Gasteiger partial charge in [0.2, 0.25) is 0 Å². The third kappa shape index (κ3) is 2.59. The van der Waals surface area contributed by atoms with Crippen LogP contribution in [0.1, 0.15) is 17.0 Å². The molecule has 0 N–H and O–H groups in total. The zero-order chi connectivity index (χ0) is 20.4. The Labute approximate surface area is 180 Å². The predicted molar refractivity (Wildman–Crippen MR) is 126 cm³/mol. The van der Waals surface area contributed by atoms with Gasteiger partial charge in [-0.05, 0) is 60.8 Å². The summed E-state index contributed by atoms with van der Waals surface area (Å²) in [6.45, 7) is 4.17. The third-order valence-corrected chi connectivity index (χ3v) is 7.35.